The summed E-state index contributed by atoms with van der Waals surface area (Å²) in [5, 5.41) is 0. The Morgan fingerprint density at radius 2 is 1.00 bits per heavy atom. The second-order valence-electron chi connectivity index (χ2n) is 4.58. The molecule has 1 rings (SSSR count). The molecule has 0 amide bonds. The Labute approximate surface area is 111 Å². The first-order valence-electron chi connectivity index (χ1n) is 5.26. The molecule has 0 unspecified atom stereocenters. The quantitative estimate of drug-likeness (QED) is 0.359. The normalized spacial score (nSPS) is 12.2. The number of hydrogen-bond donors (Lipinski definition) is 0. The average molecular weight is 267 g/mol. The molecule has 0 aliphatic heterocycles. The van der Waals surface area contributed by atoms with E-state index in [-0.39, 0.29) is 17.1 Å². The van der Waals surface area contributed by atoms with Crippen molar-refractivity contribution in [3.8, 4) is 0 Å². The van der Waals surface area contributed by atoms with Crippen LogP contribution in [-0.2, 0) is 26.4 Å². The third-order valence-corrected chi connectivity index (χ3v) is 2.00. The van der Waals surface area contributed by atoms with Crippen molar-refractivity contribution >= 4 is 0 Å². The summed E-state index contributed by atoms with van der Waals surface area (Å²) < 4.78 is 15.0. The number of hydrogen-bond acceptors (Lipinski definition) is 0. The smallest absolute Gasteiger partial charge is 0 e. The summed E-state index contributed by atoms with van der Waals surface area (Å²) in [7, 11) is 0. The van der Waals surface area contributed by atoms with Crippen molar-refractivity contribution < 1.29 is 26.4 Å². The molecule has 0 radical (unpaired) electrons. The van der Waals surface area contributed by atoms with Crippen molar-refractivity contribution in [2.45, 2.75) is 59.3 Å². The third-order valence-electron chi connectivity index (χ3n) is 2.00. The van der Waals surface area contributed by atoms with Crippen LogP contribution < -0.4 is 0 Å². The van der Waals surface area contributed by atoms with Gasteiger partial charge in [-0.25, -0.2) is 0 Å². The maximum Gasteiger partial charge on any atom is 0 e. The van der Waals surface area contributed by atoms with Crippen LogP contribution in [0.2, 0.25) is 0 Å². The summed E-state index contributed by atoms with van der Waals surface area (Å²) in [6, 6.07) is 0. The van der Waals surface area contributed by atoms with Gasteiger partial charge in [-0.3, -0.25) is 0 Å². The molecule has 0 aromatic carbocycles. The van der Waals surface area contributed by atoms with E-state index in [4.69, 9.17) is 9.30 Å². The largest absolute Gasteiger partial charge is 0.343 e. The fourth-order valence-electron chi connectivity index (χ4n) is 0.884. The Kier molecular flexibility index (Phi) is 31.9. The molecule has 3 heteroatoms. The molecule has 1 aliphatic rings. The van der Waals surface area contributed by atoms with Crippen LogP contribution in [0.5, 0.6) is 0 Å². The molecule has 0 aromatic heterocycles. The van der Waals surface area contributed by atoms with E-state index in [0.717, 1.165) is 6.42 Å². The van der Waals surface area contributed by atoms with Crippen molar-refractivity contribution in [2.75, 3.05) is 0 Å². The Bertz CT molecular complexity index is 127. The van der Waals surface area contributed by atoms with Crippen LogP contribution in [0.3, 0.4) is 0 Å². The molecule has 1 aliphatic carbocycles. The van der Waals surface area contributed by atoms with Crippen LogP contribution in [0.25, 0.3) is 0 Å². The van der Waals surface area contributed by atoms with E-state index in [0.29, 0.717) is 5.41 Å². The molecule has 0 spiro atoms. The third kappa shape index (κ3) is 37.0. The summed E-state index contributed by atoms with van der Waals surface area (Å²) in [4.78, 5) is 0. The van der Waals surface area contributed by atoms with E-state index in [1.807, 2.05) is 0 Å². The number of rotatable bonds is 0. The minimum absolute atomic E-state index is 0. The standard InChI is InChI=1S/C6H13.C5H10.2CO.Fe/c1-5-6(2,3)4;1-2-4-5-3-1;2*1-2;/h1,5H2,2-4H3;1-5H2;;;/q-1;;;;. The predicted octanol–water partition coefficient (Wildman–Crippen LogP) is 4.13. The van der Waals surface area contributed by atoms with Crippen LogP contribution in [0.1, 0.15) is 59.3 Å². The molecular formula is C13H23FeO2-. The van der Waals surface area contributed by atoms with Crippen LogP contribution in [0.4, 0.5) is 0 Å². The summed E-state index contributed by atoms with van der Waals surface area (Å²) in [6.45, 7) is 19.3. The fourth-order valence-corrected chi connectivity index (χ4v) is 0.884. The second kappa shape index (κ2) is 20.4. The van der Waals surface area contributed by atoms with Gasteiger partial charge in [-0.05, 0) is 0 Å². The SMILES string of the molecule is C1CCCC1.[C-]#[O+].[C-]#[O+].[CH2-]CC(C)(C)C.[Fe]. The molecule has 1 fully saturated rings. The van der Waals surface area contributed by atoms with Crippen LogP contribution in [0.15, 0.2) is 0 Å². The molecule has 2 nitrogen and oxygen atoms in total. The van der Waals surface area contributed by atoms with E-state index in [9.17, 15) is 0 Å². The summed E-state index contributed by atoms with van der Waals surface area (Å²) in [5.74, 6) is 0. The van der Waals surface area contributed by atoms with Gasteiger partial charge >= 0.3 is 22.6 Å². The molecule has 0 heterocycles. The van der Waals surface area contributed by atoms with Gasteiger partial charge in [0.15, 0.2) is 0 Å². The zero-order valence-electron chi connectivity index (χ0n) is 10.6. The van der Waals surface area contributed by atoms with E-state index >= 15 is 0 Å². The van der Waals surface area contributed by atoms with Gasteiger partial charge in [0.1, 0.15) is 0 Å². The molecule has 1 saturated carbocycles. The van der Waals surface area contributed by atoms with Crippen molar-refractivity contribution in [2.24, 2.45) is 5.41 Å². The van der Waals surface area contributed by atoms with E-state index in [1.54, 1.807) is 0 Å². The van der Waals surface area contributed by atoms with Gasteiger partial charge < -0.3 is 6.92 Å². The van der Waals surface area contributed by atoms with Gasteiger partial charge in [0.25, 0.3) is 0 Å². The molecule has 16 heavy (non-hydrogen) atoms. The van der Waals surface area contributed by atoms with Gasteiger partial charge in [0, 0.05) is 17.1 Å². The molecule has 0 atom stereocenters. The van der Waals surface area contributed by atoms with Crippen molar-refractivity contribution in [3.05, 3.63) is 20.2 Å². The van der Waals surface area contributed by atoms with Gasteiger partial charge in [-0.2, -0.15) is 6.42 Å². The van der Waals surface area contributed by atoms with Gasteiger partial charge in [-0.1, -0.05) is 58.3 Å². The van der Waals surface area contributed by atoms with Gasteiger partial charge in [-0.15, -0.1) is 0 Å². The summed E-state index contributed by atoms with van der Waals surface area (Å²) in [6.07, 6.45) is 8.52. The molecule has 96 valence electrons. The fraction of sp³-hybridized carbons (Fsp3) is 0.769. The predicted molar refractivity (Wildman–Crippen MR) is 60.4 cm³/mol. The van der Waals surface area contributed by atoms with Crippen molar-refractivity contribution in [1.29, 1.82) is 0 Å². The van der Waals surface area contributed by atoms with Gasteiger partial charge in [0.2, 0.25) is 0 Å². The van der Waals surface area contributed by atoms with Crippen LogP contribution in [0, 0.1) is 25.6 Å². The summed E-state index contributed by atoms with van der Waals surface area (Å²) >= 11 is 0. The van der Waals surface area contributed by atoms with Crippen molar-refractivity contribution in [3.63, 3.8) is 0 Å². The Morgan fingerprint density at radius 3 is 1.06 bits per heavy atom. The van der Waals surface area contributed by atoms with Crippen LogP contribution >= 0.6 is 0 Å². The Hall–Kier alpha value is -0.000519. The minimum Gasteiger partial charge on any atom is -0.343 e. The molecule has 0 saturated heterocycles. The zero-order chi connectivity index (χ0) is 12.7. The second-order valence-corrected chi connectivity index (χ2v) is 4.58. The van der Waals surface area contributed by atoms with E-state index in [1.165, 1.54) is 32.1 Å². The first-order valence-corrected chi connectivity index (χ1v) is 5.26. The van der Waals surface area contributed by atoms with Gasteiger partial charge in [0.05, 0.1) is 0 Å². The molecule has 0 bridgehead atoms. The molecular weight excluding hydrogens is 244 g/mol. The Morgan fingerprint density at radius 1 is 0.875 bits per heavy atom. The first kappa shape index (κ1) is 25.0. The molecule has 0 aromatic rings. The average Bonchev–Trinajstić information content (AvgIpc) is 2.81. The first-order chi connectivity index (χ1) is 7.06. The van der Waals surface area contributed by atoms with E-state index in [2.05, 4.69) is 41.0 Å². The minimum atomic E-state index is 0. The maximum atomic E-state index is 7.50. The van der Waals surface area contributed by atoms with E-state index < -0.39 is 0 Å². The maximum absolute atomic E-state index is 7.50. The monoisotopic (exact) mass is 267 g/mol. The Balaban J connectivity index is -0.0000000658. The van der Waals surface area contributed by atoms with Crippen molar-refractivity contribution in [1.82, 2.24) is 0 Å². The van der Waals surface area contributed by atoms with Crippen LogP contribution in [-0.4, -0.2) is 0 Å². The summed E-state index contributed by atoms with van der Waals surface area (Å²) in [5.41, 5.74) is 0.431. The zero-order valence-corrected chi connectivity index (χ0v) is 11.7. The molecule has 0 N–H and O–H groups in total. The topological polar surface area (TPSA) is 39.8 Å².